The second kappa shape index (κ2) is 7.22. The summed E-state index contributed by atoms with van der Waals surface area (Å²) in [5.74, 6) is 1.47. The quantitative estimate of drug-likeness (QED) is 0.766. The van der Waals surface area contributed by atoms with Crippen LogP contribution in [0.5, 0.6) is 0 Å². The smallest absolute Gasteiger partial charge is 0.163 e. The van der Waals surface area contributed by atoms with E-state index in [1.807, 2.05) is 30.3 Å². The van der Waals surface area contributed by atoms with Gasteiger partial charge in [-0.15, -0.1) is 0 Å². The lowest BCUT2D eigenvalue weighted by atomic mass is 10.2. The predicted octanol–water partition coefficient (Wildman–Crippen LogP) is 3.27. The Labute approximate surface area is 124 Å². The van der Waals surface area contributed by atoms with Crippen molar-refractivity contribution in [2.75, 3.05) is 31.7 Å². The summed E-state index contributed by atoms with van der Waals surface area (Å²) in [4.78, 5) is 11.0. The SMILES string of the molecule is CCN(CCOC)c1cc(Cl)nc(-c2ccccc2)n1. The maximum absolute atomic E-state index is 6.13. The molecule has 0 bridgehead atoms. The monoisotopic (exact) mass is 291 g/mol. The first-order valence-electron chi connectivity index (χ1n) is 6.58. The number of halogens is 1. The Kier molecular flexibility index (Phi) is 5.32. The topological polar surface area (TPSA) is 38.2 Å². The van der Waals surface area contributed by atoms with E-state index in [9.17, 15) is 0 Å². The highest BCUT2D eigenvalue weighted by molar-refractivity contribution is 6.29. The van der Waals surface area contributed by atoms with Gasteiger partial charge in [0.15, 0.2) is 5.82 Å². The minimum atomic E-state index is 0.449. The highest BCUT2D eigenvalue weighted by Gasteiger charge is 2.10. The van der Waals surface area contributed by atoms with Crippen LogP contribution >= 0.6 is 11.6 Å². The van der Waals surface area contributed by atoms with E-state index in [1.54, 1.807) is 13.2 Å². The van der Waals surface area contributed by atoms with Crippen molar-refractivity contribution >= 4 is 17.4 Å². The molecule has 0 saturated heterocycles. The van der Waals surface area contributed by atoms with Gasteiger partial charge in [-0.05, 0) is 6.92 Å². The number of hydrogen-bond donors (Lipinski definition) is 0. The molecule has 0 aliphatic rings. The molecule has 0 saturated carbocycles. The number of hydrogen-bond acceptors (Lipinski definition) is 4. The van der Waals surface area contributed by atoms with Crippen LogP contribution in [0.1, 0.15) is 6.92 Å². The molecular formula is C15H18ClN3O. The third kappa shape index (κ3) is 3.68. The van der Waals surface area contributed by atoms with Crippen LogP contribution in [0.3, 0.4) is 0 Å². The zero-order valence-electron chi connectivity index (χ0n) is 11.7. The molecular weight excluding hydrogens is 274 g/mol. The van der Waals surface area contributed by atoms with Crippen LogP contribution in [0.4, 0.5) is 5.82 Å². The summed E-state index contributed by atoms with van der Waals surface area (Å²) in [5, 5.41) is 0.449. The van der Waals surface area contributed by atoms with Gasteiger partial charge < -0.3 is 9.64 Å². The van der Waals surface area contributed by atoms with Crippen molar-refractivity contribution in [3.8, 4) is 11.4 Å². The summed E-state index contributed by atoms with van der Waals surface area (Å²) >= 11 is 6.13. The average Bonchev–Trinajstić information content (AvgIpc) is 2.48. The first-order valence-corrected chi connectivity index (χ1v) is 6.96. The second-order valence-electron chi connectivity index (χ2n) is 4.31. The summed E-state index contributed by atoms with van der Waals surface area (Å²) in [6.45, 7) is 4.34. The van der Waals surface area contributed by atoms with Crippen molar-refractivity contribution in [3.63, 3.8) is 0 Å². The molecule has 0 fully saturated rings. The molecule has 4 nitrogen and oxygen atoms in total. The number of methoxy groups -OCH3 is 1. The summed E-state index contributed by atoms with van der Waals surface area (Å²) in [5.41, 5.74) is 0.957. The van der Waals surface area contributed by atoms with Gasteiger partial charge in [-0.25, -0.2) is 9.97 Å². The zero-order chi connectivity index (χ0) is 14.4. The molecule has 0 aliphatic carbocycles. The molecule has 0 aliphatic heterocycles. The van der Waals surface area contributed by atoms with E-state index < -0.39 is 0 Å². The van der Waals surface area contributed by atoms with Gasteiger partial charge in [0.1, 0.15) is 11.0 Å². The number of anilines is 1. The van der Waals surface area contributed by atoms with Crippen LogP contribution in [-0.4, -0.2) is 36.8 Å². The van der Waals surface area contributed by atoms with Crippen LogP contribution in [0.15, 0.2) is 36.4 Å². The number of nitrogens with zero attached hydrogens (tertiary/aromatic N) is 3. The summed E-state index contributed by atoms with van der Waals surface area (Å²) in [7, 11) is 1.69. The molecule has 20 heavy (non-hydrogen) atoms. The Morgan fingerprint density at radius 2 is 1.95 bits per heavy atom. The van der Waals surface area contributed by atoms with Crippen LogP contribution < -0.4 is 4.90 Å². The van der Waals surface area contributed by atoms with Crippen molar-refractivity contribution < 1.29 is 4.74 Å². The molecule has 0 atom stereocenters. The van der Waals surface area contributed by atoms with Gasteiger partial charge in [0.25, 0.3) is 0 Å². The van der Waals surface area contributed by atoms with Gasteiger partial charge in [0.05, 0.1) is 6.61 Å². The van der Waals surface area contributed by atoms with Gasteiger partial charge in [-0.3, -0.25) is 0 Å². The molecule has 0 N–H and O–H groups in total. The predicted molar refractivity (Wildman–Crippen MR) is 82.2 cm³/mol. The highest BCUT2D eigenvalue weighted by atomic mass is 35.5. The lowest BCUT2D eigenvalue weighted by Crippen LogP contribution is -2.27. The van der Waals surface area contributed by atoms with Crippen molar-refractivity contribution in [1.29, 1.82) is 0 Å². The molecule has 106 valence electrons. The Morgan fingerprint density at radius 3 is 2.60 bits per heavy atom. The molecule has 1 heterocycles. The fourth-order valence-corrected chi connectivity index (χ4v) is 2.10. The van der Waals surface area contributed by atoms with Crippen LogP contribution in [0.25, 0.3) is 11.4 Å². The Morgan fingerprint density at radius 1 is 1.20 bits per heavy atom. The molecule has 2 aromatic rings. The van der Waals surface area contributed by atoms with Gasteiger partial charge >= 0.3 is 0 Å². The van der Waals surface area contributed by atoms with Crippen LogP contribution in [0, 0.1) is 0 Å². The molecule has 2 rings (SSSR count). The van der Waals surface area contributed by atoms with E-state index in [4.69, 9.17) is 16.3 Å². The maximum atomic E-state index is 6.13. The normalized spacial score (nSPS) is 10.6. The minimum absolute atomic E-state index is 0.449. The average molecular weight is 292 g/mol. The van der Waals surface area contributed by atoms with Gasteiger partial charge in [0, 0.05) is 31.8 Å². The second-order valence-corrected chi connectivity index (χ2v) is 4.70. The maximum Gasteiger partial charge on any atom is 0.163 e. The fraction of sp³-hybridized carbons (Fsp3) is 0.333. The third-order valence-corrected chi connectivity index (χ3v) is 3.18. The molecule has 5 heteroatoms. The van der Waals surface area contributed by atoms with E-state index in [0.29, 0.717) is 17.6 Å². The first-order chi connectivity index (χ1) is 9.74. The lowest BCUT2D eigenvalue weighted by molar-refractivity contribution is 0.205. The fourth-order valence-electron chi connectivity index (χ4n) is 1.92. The van der Waals surface area contributed by atoms with Crippen molar-refractivity contribution in [2.45, 2.75) is 6.92 Å². The van der Waals surface area contributed by atoms with E-state index in [-0.39, 0.29) is 0 Å². The summed E-state index contributed by atoms with van der Waals surface area (Å²) in [6.07, 6.45) is 0. The molecule has 0 amide bonds. The number of rotatable bonds is 6. The Hall–Kier alpha value is -1.65. The molecule has 1 aromatic heterocycles. The Balaban J connectivity index is 2.33. The summed E-state index contributed by atoms with van der Waals surface area (Å²) in [6, 6.07) is 11.6. The number of benzene rings is 1. The lowest BCUT2D eigenvalue weighted by Gasteiger charge is -2.22. The van der Waals surface area contributed by atoms with E-state index >= 15 is 0 Å². The van der Waals surface area contributed by atoms with Crippen molar-refractivity contribution in [1.82, 2.24) is 9.97 Å². The van der Waals surface area contributed by atoms with Crippen molar-refractivity contribution in [2.24, 2.45) is 0 Å². The standard InChI is InChI=1S/C15H18ClN3O/c1-3-19(9-10-20-2)14-11-13(16)17-15(18-14)12-7-5-4-6-8-12/h4-8,11H,3,9-10H2,1-2H3. The van der Waals surface area contributed by atoms with Gasteiger partial charge in [-0.1, -0.05) is 41.9 Å². The largest absolute Gasteiger partial charge is 0.383 e. The van der Waals surface area contributed by atoms with Crippen molar-refractivity contribution in [3.05, 3.63) is 41.6 Å². The van der Waals surface area contributed by atoms with Gasteiger partial charge in [0.2, 0.25) is 0 Å². The first kappa shape index (κ1) is 14.8. The van der Waals surface area contributed by atoms with E-state index in [1.165, 1.54) is 0 Å². The van der Waals surface area contributed by atoms with Gasteiger partial charge in [-0.2, -0.15) is 0 Å². The minimum Gasteiger partial charge on any atom is -0.383 e. The van der Waals surface area contributed by atoms with E-state index in [2.05, 4.69) is 21.8 Å². The highest BCUT2D eigenvalue weighted by Crippen LogP contribution is 2.22. The third-order valence-electron chi connectivity index (χ3n) is 2.98. The molecule has 1 aromatic carbocycles. The Bertz CT molecular complexity index is 548. The van der Waals surface area contributed by atoms with E-state index in [0.717, 1.165) is 24.5 Å². The molecule has 0 unspecified atom stereocenters. The summed E-state index contributed by atoms with van der Waals surface area (Å²) < 4.78 is 5.12. The molecule has 0 radical (unpaired) electrons. The van der Waals surface area contributed by atoms with Crippen LogP contribution in [-0.2, 0) is 4.74 Å². The van der Waals surface area contributed by atoms with Crippen LogP contribution in [0.2, 0.25) is 5.15 Å². The number of ether oxygens (including phenoxy) is 1. The zero-order valence-corrected chi connectivity index (χ0v) is 12.5. The number of likely N-dealkylation sites (N-methyl/N-ethyl adjacent to an activating group) is 1. The molecule has 0 spiro atoms. The number of aromatic nitrogens is 2.